The van der Waals surface area contributed by atoms with Crippen LogP contribution in [-0.2, 0) is 21.3 Å². The number of piperazine rings is 1. The molecule has 37 heavy (non-hydrogen) atoms. The van der Waals surface area contributed by atoms with Crippen molar-refractivity contribution in [3.63, 3.8) is 0 Å². The number of thiophene rings is 1. The predicted octanol–water partition coefficient (Wildman–Crippen LogP) is 2.41. The van der Waals surface area contributed by atoms with E-state index < -0.39 is 10.0 Å². The molecular weight excluding hydrogens is 538 g/mol. The number of ether oxygens (including phenoxy) is 1. The third-order valence-electron chi connectivity index (χ3n) is 6.26. The summed E-state index contributed by atoms with van der Waals surface area (Å²) in [5.74, 6) is 1.21. The Labute approximate surface area is 224 Å². The fraction of sp³-hybridized carbons (Fsp3) is 0.435. The van der Waals surface area contributed by atoms with Gasteiger partial charge >= 0.3 is 0 Å². The molecule has 14 heteroatoms. The van der Waals surface area contributed by atoms with Gasteiger partial charge in [-0.05, 0) is 24.3 Å². The van der Waals surface area contributed by atoms with Crippen molar-refractivity contribution in [2.24, 2.45) is 5.10 Å². The van der Waals surface area contributed by atoms with E-state index in [1.807, 2.05) is 0 Å². The normalized spacial score (nSPS) is 18.2. The number of nitrogens with one attached hydrogen (secondary N) is 1. The summed E-state index contributed by atoms with van der Waals surface area (Å²) in [6.45, 7) is 5.80. The van der Waals surface area contributed by atoms with Crippen LogP contribution >= 0.6 is 22.9 Å². The number of hydrogen-bond donors (Lipinski definition) is 2. The maximum atomic E-state index is 11.8. The molecule has 0 unspecified atom stereocenters. The molecule has 2 N–H and O–H groups in total. The Bertz CT molecular complexity index is 1400. The summed E-state index contributed by atoms with van der Waals surface area (Å²) in [7, 11) is -3.16. The molecule has 198 valence electrons. The number of rotatable bonds is 7. The minimum absolute atomic E-state index is 0.0308. The van der Waals surface area contributed by atoms with Crippen LogP contribution in [0.2, 0.25) is 5.02 Å². The number of hydrazone groups is 1. The number of hydrogen-bond acceptors (Lipinski definition) is 11. The Morgan fingerprint density at radius 1 is 1.16 bits per heavy atom. The highest BCUT2D eigenvalue weighted by molar-refractivity contribution is 7.88. The molecule has 4 heterocycles. The van der Waals surface area contributed by atoms with Gasteiger partial charge in [-0.1, -0.05) is 11.6 Å². The lowest BCUT2D eigenvalue weighted by molar-refractivity contribution is 0.122. The molecule has 3 aromatic rings. The van der Waals surface area contributed by atoms with E-state index in [0.29, 0.717) is 55.9 Å². The molecule has 0 bridgehead atoms. The second-order valence-corrected chi connectivity index (χ2v) is 12.5. The summed E-state index contributed by atoms with van der Waals surface area (Å²) in [5, 5.41) is 14.7. The summed E-state index contributed by atoms with van der Waals surface area (Å²) in [6, 6.07) is 6.87. The number of phenolic OH excluding ortho intramolecular Hbond substituents is 1. The molecule has 2 aliphatic rings. The Kier molecular flexibility index (Phi) is 7.79. The van der Waals surface area contributed by atoms with Crippen molar-refractivity contribution >= 4 is 61.2 Å². The van der Waals surface area contributed by atoms with E-state index in [1.165, 1.54) is 22.8 Å². The number of sulfonamides is 1. The number of benzene rings is 1. The number of anilines is 2. The molecule has 0 aliphatic carbocycles. The smallest absolute Gasteiger partial charge is 0.246 e. The SMILES string of the molecule is CS(=O)(=O)N1CCN(Cc2cc3nc(N/N=C/c4ccc(Cl)cc4O)nc(N4CCOCC4)c3s2)CC1. The van der Waals surface area contributed by atoms with Crippen molar-refractivity contribution in [2.75, 3.05) is 69.1 Å². The molecule has 0 saturated carbocycles. The quantitative estimate of drug-likeness (QED) is 0.328. The molecule has 0 amide bonds. The van der Waals surface area contributed by atoms with E-state index in [4.69, 9.17) is 21.3 Å². The van der Waals surface area contributed by atoms with Gasteiger partial charge in [0, 0.05) is 61.3 Å². The molecule has 2 saturated heterocycles. The lowest BCUT2D eigenvalue weighted by atomic mass is 10.2. The molecule has 2 aliphatic heterocycles. The fourth-order valence-electron chi connectivity index (χ4n) is 4.31. The molecule has 0 atom stereocenters. The molecule has 0 spiro atoms. The summed E-state index contributed by atoms with van der Waals surface area (Å²) in [6.07, 6.45) is 2.75. The van der Waals surface area contributed by atoms with Gasteiger partial charge in [-0.2, -0.15) is 14.4 Å². The van der Waals surface area contributed by atoms with E-state index in [9.17, 15) is 13.5 Å². The molecule has 2 aromatic heterocycles. The van der Waals surface area contributed by atoms with E-state index >= 15 is 0 Å². The number of fused-ring (bicyclic) bond motifs is 1. The summed E-state index contributed by atoms with van der Waals surface area (Å²) >= 11 is 7.56. The van der Waals surface area contributed by atoms with Crippen molar-refractivity contribution in [1.29, 1.82) is 0 Å². The van der Waals surface area contributed by atoms with Crippen molar-refractivity contribution < 1.29 is 18.3 Å². The number of aromatic nitrogens is 2. The number of aromatic hydroxyl groups is 1. The Morgan fingerprint density at radius 3 is 2.62 bits per heavy atom. The number of halogens is 1. The Hall–Kier alpha value is -2.55. The average Bonchev–Trinajstić information content (AvgIpc) is 3.27. The molecule has 1 aromatic carbocycles. The highest BCUT2D eigenvalue weighted by Gasteiger charge is 2.25. The summed E-state index contributed by atoms with van der Waals surface area (Å²) in [5.41, 5.74) is 4.23. The molecule has 2 fully saturated rings. The highest BCUT2D eigenvalue weighted by Crippen LogP contribution is 2.34. The van der Waals surface area contributed by atoms with Gasteiger partial charge in [-0.15, -0.1) is 11.3 Å². The van der Waals surface area contributed by atoms with E-state index in [0.717, 1.165) is 40.5 Å². The van der Waals surface area contributed by atoms with Crippen LogP contribution in [0.15, 0.2) is 29.4 Å². The van der Waals surface area contributed by atoms with Crippen LogP contribution in [-0.4, -0.2) is 97.7 Å². The van der Waals surface area contributed by atoms with Crippen LogP contribution in [0.5, 0.6) is 5.75 Å². The first-order chi connectivity index (χ1) is 17.8. The van der Waals surface area contributed by atoms with E-state index in [1.54, 1.807) is 23.5 Å². The second kappa shape index (κ2) is 11.1. The maximum absolute atomic E-state index is 11.8. The van der Waals surface area contributed by atoms with Crippen LogP contribution in [0.4, 0.5) is 11.8 Å². The van der Waals surface area contributed by atoms with Gasteiger partial charge in [0.25, 0.3) is 0 Å². The van der Waals surface area contributed by atoms with Crippen molar-refractivity contribution in [3.05, 3.63) is 39.7 Å². The average molecular weight is 566 g/mol. The van der Waals surface area contributed by atoms with Gasteiger partial charge in [0.1, 0.15) is 5.75 Å². The van der Waals surface area contributed by atoms with Crippen molar-refractivity contribution in [1.82, 2.24) is 19.2 Å². The third-order valence-corrected chi connectivity index (χ3v) is 8.90. The van der Waals surface area contributed by atoms with E-state index in [-0.39, 0.29) is 5.75 Å². The largest absolute Gasteiger partial charge is 0.507 e. The number of morpholine rings is 1. The lowest BCUT2D eigenvalue weighted by Crippen LogP contribution is -2.47. The highest BCUT2D eigenvalue weighted by atomic mass is 35.5. The number of nitrogens with zero attached hydrogens (tertiary/aromatic N) is 6. The van der Waals surface area contributed by atoms with Crippen LogP contribution in [0.1, 0.15) is 10.4 Å². The minimum atomic E-state index is -3.16. The zero-order chi connectivity index (χ0) is 26.0. The topological polar surface area (TPSA) is 123 Å². The van der Waals surface area contributed by atoms with Gasteiger partial charge in [0.15, 0.2) is 5.82 Å². The van der Waals surface area contributed by atoms with Crippen LogP contribution in [0.3, 0.4) is 0 Å². The first-order valence-electron chi connectivity index (χ1n) is 11.8. The van der Waals surface area contributed by atoms with Crippen molar-refractivity contribution in [2.45, 2.75) is 6.54 Å². The van der Waals surface area contributed by atoms with Crippen LogP contribution < -0.4 is 10.3 Å². The number of phenols is 1. The van der Waals surface area contributed by atoms with Gasteiger partial charge in [0.05, 0.1) is 35.9 Å². The standard InChI is InChI=1S/C23H28ClN7O4S2/c1-37(33,34)31-6-4-29(5-7-31)15-18-13-19-21(36-18)22(30-8-10-35-11-9-30)27-23(26-19)28-25-14-16-2-3-17(24)12-20(16)32/h2-3,12-14,32H,4-11,15H2,1H3,(H,26,27,28)/b25-14+. The minimum Gasteiger partial charge on any atom is -0.507 e. The zero-order valence-corrected chi connectivity index (χ0v) is 22.7. The van der Waals surface area contributed by atoms with Gasteiger partial charge in [-0.25, -0.2) is 18.8 Å². The monoisotopic (exact) mass is 565 g/mol. The summed E-state index contributed by atoms with van der Waals surface area (Å²) in [4.78, 5) is 15.0. The van der Waals surface area contributed by atoms with Gasteiger partial charge in [-0.3, -0.25) is 4.90 Å². The third kappa shape index (κ3) is 6.30. The molecule has 5 rings (SSSR count). The molecular formula is C23H28ClN7O4S2. The summed E-state index contributed by atoms with van der Waals surface area (Å²) < 4.78 is 31.7. The van der Waals surface area contributed by atoms with E-state index in [2.05, 4.69) is 31.4 Å². The molecule has 11 nitrogen and oxygen atoms in total. The lowest BCUT2D eigenvalue weighted by Gasteiger charge is -2.32. The first-order valence-corrected chi connectivity index (χ1v) is 14.9. The maximum Gasteiger partial charge on any atom is 0.246 e. The zero-order valence-electron chi connectivity index (χ0n) is 20.3. The van der Waals surface area contributed by atoms with Gasteiger partial charge < -0.3 is 14.7 Å². The second-order valence-electron chi connectivity index (χ2n) is 8.91. The van der Waals surface area contributed by atoms with Gasteiger partial charge in [0.2, 0.25) is 16.0 Å². The van der Waals surface area contributed by atoms with Crippen LogP contribution in [0.25, 0.3) is 10.2 Å². The Balaban J connectivity index is 1.37. The predicted molar refractivity (Wildman–Crippen MR) is 146 cm³/mol. The van der Waals surface area contributed by atoms with Crippen LogP contribution in [0, 0.1) is 0 Å². The molecule has 0 radical (unpaired) electrons. The fourth-order valence-corrected chi connectivity index (χ4v) is 6.45. The first kappa shape index (κ1) is 26.1. The van der Waals surface area contributed by atoms with Crippen molar-refractivity contribution in [3.8, 4) is 5.75 Å². The Morgan fingerprint density at radius 2 is 1.92 bits per heavy atom.